The Labute approximate surface area is 127 Å². The van der Waals surface area contributed by atoms with Crippen LogP contribution in [0.5, 0.6) is 0 Å². The SMILES string of the molecule is CC(C)CC(CN)NC(=O)c1cc(F)cc(Br)c1.Cl. The third kappa shape index (κ3) is 6.36. The molecule has 0 fully saturated rings. The molecule has 0 saturated heterocycles. The Hall–Kier alpha value is -0.650. The van der Waals surface area contributed by atoms with Crippen molar-refractivity contribution in [3.63, 3.8) is 0 Å². The molecule has 0 saturated carbocycles. The smallest absolute Gasteiger partial charge is 0.251 e. The van der Waals surface area contributed by atoms with E-state index >= 15 is 0 Å². The Morgan fingerprint density at radius 3 is 2.53 bits per heavy atom. The molecule has 0 bridgehead atoms. The minimum Gasteiger partial charge on any atom is -0.348 e. The number of carbonyl (C=O) groups excluding carboxylic acids is 1. The number of nitrogens with one attached hydrogen (secondary N) is 1. The highest BCUT2D eigenvalue weighted by molar-refractivity contribution is 9.10. The maximum absolute atomic E-state index is 13.2. The molecule has 0 aliphatic rings. The molecule has 0 heterocycles. The number of rotatable bonds is 5. The predicted molar refractivity (Wildman–Crippen MR) is 81.1 cm³/mol. The number of hydrogen-bond donors (Lipinski definition) is 2. The zero-order valence-electron chi connectivity index (χ0n) is 11.0. The van der Waals surface area contributed by atoms with E-state index in [-0.39, 0.29) is 24.4 Å². The van der Waals surface area contributed by atoms with E-state index in [1.165, 1.54) is 12.1 Å². The highest BCUT2D eigenvalue weighted by Crippen LogP contribution is 2.15. The quantitative estimate of drug-likeness (QED) is 0.854. The van der Waals surface area contributed by atoms with Crippen LogP contribution in [-0.4, -0.2) is 18.5 Å². The van der Waals surface area contributed by atoms with Gasteiger partial charge in [0.25, 0.3) is 5.91 Å². The first-order valence-electron chi connectivity index (χ1n) is 5.89. The van der Waals surface area contributed by atoms with Crippen LogP contribution in [-0.2, 0) is 0 Å². The van der Waals surface area contributed by atoms with Crippen LogP contribution in [0, 0.1) is 11.7 Å². The average Bonchev–Trinajstić information content (AvgIpc) is 2.26. The van der Waals surface area contributed by atoms with Gasteiger partial charge in [0, 0.05) is 22.6 Å². The molecule has 0 spiro atoms. The lowest BCUT2D eigenvalue weighted by Gasteiger charge is -2.18. The molecule has 0 aliphatic heterocycles. The predicted octanol–water partition coefficient (Wildman–Crippen LogP) is 3.11. The lowest BCUT2D eigenvalue weighted by atomic mass is 10.0. The third-order valence-corrected chi connectivity index (χ3v) is 2.96. The Balaban J connectivity index is 0.00000324. The zero-order chi connectivity index (χ0) is 13.7. The van der Waals surface area contributed by atoms with Crippen LogP contribution in [0.15, 0.2) is 22.7 Å². The highest BCUT2D eigenvalue weighted by atomic mass is 79.9. The standard InChI is InChI=1S/C13H18BrFN2O.ClH/c1-8(2)3-12(7-16)17-13(18)9-4-10(14)6-11(15)5-9;/h4-6,8,12H,3,7,16H2,1-2H3,(H,17,18);1H. The van der Waals surface area contributed by atoms with Crippen LogP contribution in [0.25, 0.3) is 0 Å². The number of amides is 1. The summed E-state index contributed by atoms with van der Waals surface area (Å²) < 4.78 is 13.7. The van der Waals surface area contributed by atoms with E-state index in [0.717, 1.165) is 6.42 Å². The van der Waals surface area contributed by atoms with E-state index in [0.29, 0.717) is 22.5 Å². The maximum atomic E-state index is 13.2. The molecule has 1 amide bonds. The van der Waals surface area contributed by atoms with Crippen LogP contribution in [0.1, 0.15) is 30.6 Å². The summed E-state index contributed by atoms with van der Waals surface area (Å²) in [4.78, 5) is 11.9. The van der Waals surface area contributed by atoms with Crippen LogP contribution in [0.3, 0.4) is 0 Å². The lowest BCUT2D eigenvalue weighted by molar-refractivity contribution is 0.0933. The van der Waals surface area contributed by atoms with Crippen molar-refractivity contribution in [1.29, 1.82) is 0 Å². The molecule has 1 atom stereocenters. The molecule has 1 aromatic carbocycles. The van der Waals surface area contributed by atoms with Crippen molar-refractivity contribution in [2.75, 3.05) is 6.54 Å². The van der Waals surface area contributed by atoms with Crippen molar-refractivity contribution in [1.82, 2.24) is 5.32 Å². The number of halogens is 3. The molecule has 6 heteroatoms. The fraction of sp³-hybridized carbons (Fsp3) is 0.462. The molecule has 19 heavy (non-hydrogen) atoms. The van der Waals surface area contributed by atoms with Gasteiger partial charge >= 0.3 is 0 Å². The first-order chi connectivity index (χ1) is 8.42. The van der Waals surface area contributed by atoms with Crippen LogP contribution >= 0.6 is 28.3 Å². The summed E-state index contributed by atoms with van der Waals surface area (Å²) in [5.74, 6) is -0.299. The summed E-state index contributed by atoms with van der Waals surface area (Å²) in [6, 6.07) is 4.02. The van der Waals surface area contributed by atoms with E-state index in [9.17, 15) is 9.18 Å². The monoisotopic (exact) mass is 352 g/mol. The minimum absolute atomic E-state index is 0. The fourth-order valence-corrected chi connectivity index (χ4v) is 2.20. The van der Waals surface area contributed by atoms with Gasteiger partial charge in [-0.3, -0.25) is 4.79 Å². The fourth-order valence-electron chi connectivity index (χ4n) is 1.74. The minimum atomic E-state index is -0.442. The molecular formula is C13H19BrClFN2O. The summed E-state index contributed by atoms with van der Waals surface area (Å²) >= 11 is 3.16. The highest BCUT2D eigenvalue weighted by Gasteiger charge is 2.14. The van der Waals surface area contributed by atoms with E-state index < -0.39 is 5.82 Å². The van der Waals surface area contributed by atoms with Gasteiger partial charge in [-0.25, -0.2) is 4.39 Å². The number of hydrogen-bond acceptors (Lipinski definition) is 2. The van der Waals surface area contributed by atoms with Crippen LogP contribution in [0.2, 0.25) is 0 Å². The number of nitrogens with two attached hydrogens (primary N) is 1. The molecule has 108 valence electrons. The zero-order valence-corrected chi connectivity index (χ0v) is 13.4. The summed E-state index contributed by atoms with van der Waals surface area (Å²) in [6.45, 7) is 4.50. The summed E-state index contributed by atoms with van der Waals surface area (Å²) in [6.07, 6.45) is 0.804. The molecule has 3 N–H and O–H groups in total. The van der Waals surface area contributed by atoms with Crippen molar-refractivity contribution >= 4 is 34.2 Å². The van der Waals surface area contributed by atoms with Crippen molar-refractivity contribution < 1.29 is 9.18 Å². The van der Waals surface area contributed by atoms with Crippen molar-refractivity contribution in [3.8, 4) is 0 Å². The van der Waals surface area contributed by atoms with Crippen molar-refractivity contribution in [2.45, 2.75) is 26.3 Å². The van der Waals surface area contributed by atoms with E-state index in [4.69, 9.17) is 5.73 Å². The molecule has 0 aliphatic carbocycles. The Morgan fingerprint density at radius 1 is 1.42 bits per heavy atom. The Bertz CT molecular complexity index is 409. The van der Waals surface area contributed by atoms with Gasteiger partial charge in [-0.05, 0) is 30.5 Å². The molecule has 1 rings (SSSR count). The average molecular weight is 354 g/mol. The number of carbonyl (C=O) groups is 1. The van der Waals surface area contributed by atoms with Gasteiger partial charge in [0.1, 0.15) is 5.82 Å². The third-order valence-electron chi connectivity index (χ3n) is 2.50. The molecule has 3 nitrogen and oxygen atoms in total. The van der Waals surface area contributed by atoms with Gasteiger partial charge in [-0.15, -0.1) is 12.4 Å². The van der Waals surface area contributed by atoms with E-state index in [1.807, 2.05) is 0 Å². The maximum Gasteiger partial charge on any atom is 0.251 e. The van der Waals surface area contributed by atoms with Gasteiger partial charge in [0.2, 0.25) is 0 Å². The van der Waals surface area contributed by atoms with Crippen LogP contribution < -0.4 is 11.1 Å². The Morgan fingerprint density at radius 2 is 2.05 bits per heavy atom. The second kappa shape index (κ2) is 8.51. The normalized spacial score (nSPS) is 11.9. The largest absolute Gasteiger partial charge is 0.348 e. The lowest BCUT2D eigenvalue weighted by Crippen LogP contribution is -2.41. The second-order valence-corrected chi connectivity index (χ2v) is 5.61. The van der Waals surface area contributed by atoms with E-state index in [2.05, 4.69) is 35.1 Å². The first kappa shape index (κ1) is 18.4. The van der Waals surface area contributed by atoms with Crippen molar-refractivity contribution in [3.05, 3.63) is 34.1 Å². The summed E-state index contributed by atoms with van der Waals surface area (Å²) in [7, 11) is 0. The van der Waals surface area contributed by atoms with Gasteiger partial charge in [-0.2, -0.15) is 0 Å². The topological polar surface area (TPSA) is 55.1 Å². The van der Waals surface area contributed by atoms with Gasteiger partial charge < -0.3 is 11.1 Å². The van der Waals surface area contributed by atoms with Crippen LogP contribution in [0.4, 0.5) is 4.39 Å². The Kier molecular flexibility index (Phi) is 8.22. The summed E-state index contributed by atoms with van der Waals surface area (Å²) in [5, 5.41) is 2.82. The molecule has 0 aromatic heterocycles. The van der Waals surface area contributed by atoms with Gasteiger partial charge in [0.15, 0.2) is 0 Å². The molecule has 1 unspecified atom stereocenters. The van der Waals surface area contributed by atoms with Crippen molar-refractivity contribution in [2.24, 2.45) is 11.7 Å². The van der Waals surface area contributed by atoms with Gasteiger partial charge in [-0.1, -0.05) is 29.8 Å². The first-order valence-corrected chi connectivity index (χ1v) is 6.68. The van der Waals surface area contributed by atoms with E-state index in [1.54, 1.807) is 6.07 Å². The number of benzene rings is 1. The van der Waals surface area contributed by atoms with Gasteiger partial charge in [0.05, 0.1) is 0 Å². The molecule has 1 aromatic rings. The molecular weight excluding hydrogens is 335 g/mol. The summed E-state index contributed by atoms with van der Waals surface area (Å²) in [5.41, 5.74) is 5.90. The second-order valence-electron chi connectivity index (χ2n) is 4.69. The molecule has 0 radical (unpaired) electrons.